The average molecular weight is 269 g/mol. The maximum absolute atomic E-state index is 14.0. The molecule has 0 bridgehead atoms. The van der Waals surface area contributed by atoms with Gasteiger partial charge in [0, 0.05) is 31.7 Å². The van der Waals surface area contributed by atoms with Gasteiger partial charge >= 0.3 is 0 Å². The summed E-state index contributed by atoms with van der Waals surface area (Å²) < 4.78 is 32.1. The molecule has 0 aromatic heterocycles. The van der Waals surface area contributed by atoms with E-state index in [0.717, 1.165) is 44.8 Å². The zero-order valence-corrected chi connectivity index (χ0v) is 11.3. The summed E-state index contributed by atoms with van der Waals surface area (Å²) >= 11 is 0. The van der Waals surface area contributed by atoms with Gasteiger partial charge in [-0.1, -0.05) is 18.9 Å². The normalized spacial score (nSPS) is 17.8. The number of methoxy groups -OCH3 is 1. The molecule has 1 aromatic rings. The van der Waals surface area contributed by atoms with E-state index >= 15 is 0 Å². The first-order valence-corrected chi connectivity index (χ1v) is 6.83. The van der Waals surface area contributed by atoms with E-state index in [4.69, 9.17) is 4.74 Å². The second kappa shape index (κ2) is 6.44. The third-order valence-corrected chi connectivity index (χ3v) is 4.01. The minimum absolute atomic E-state index is 0.189. The van der Waals surface area contributed by atoms with Crippen LogP contribution in [0.4, 0.5) is 8.78 Å². The first kappa shape index (κ1) is 14.4. The van der Waals surface area contributed by atoms with Crippen molar-refractivity contribution < 1.29 is 13.5 Å². The first-order chi connectivity index (χ1) is 9.18. The molecule has 2 rings (SSSR count). The summed E-state index contributed by atoms with van der Waals surface area (Å²) in [7, 11) is 1.66. The van der Waals surface area contributed by atoms with Crippen molar-refractivity contribution in [3.63, 3.8) is 0 Å². The highest BCUT2D eigenvalue weighted by Gasteiger charge is 2.37. The molecule has 0 aliphatic heterocycles. The van der Waals surface area contributed by atoms with Crippen molar-refractivity contribution in [1.82, 2.24) is 5.32 Å². The summed E-state index contributed by atoms with van der Waals surface area (Å²) in [5.41, 5.74) is 0.460. The SMILES string of the molecule is COCCNCC1(c2ccc(F)cc2F)CCCC1. The van der Waals surface area contributed by atoms with Crippen LogP contribution in [0.15, 0.2) is 18.2 Å². The van der Waals surface area contributed by atoms with E-state index in [9.17, 15) is 8.78 Å². The lowest BCUT2D eigenvalue weighted by Crippen LogP contribution is -2.38. The number of hydrogen-bond acceptors (Lipinski definition) is 2. The molecule has 0 saturated heterocycles. The molecule has 2 nitrogen and oxygen atoms in total. The molecule has 0 atom stereocenters. The van der Waals surface area contributed by atoms with Gasteiger partial charge in [0.1, 0.15) is 11.6 Å². The van der Waals surface area contributed by atoms with E-state index in [1.54, 1.807) is 13.2 Å². The zero-order valence-electron chi connectivity index (χ0n) is 11.3. The topological polar surface area (TPSA) is 21.3 Å². The minimum atomic E-state index is -0.512. The van der Waals surface area contributed by atoms with E-state index in [0.29, 0.717) is 12.2 Å². The van der Waals surface area contributed by atoms with Gasteiger partial charge in [-0.05, 0) is 24.5 Å². The van der Waals surface area contributed by atoms with Crippen molar-refractivity contribution in [2.75, 3.05) is 26.8 Å². The Bertz CT molecular complexity index is 417. The molecule has 1 aromatic carbocycles. The summed E-state index contributed by atoms with van der Waals surface area (Å²) in [5.74, 6) is -0.933. The Hall–Kier alpha value is -1.00. The maximum atomic E-state index is 14.0. The van der Waals surface area contributed by atoms with Crippen LogP contribution in [0.2, 0.25) is 0 Å². The summed E-state index contributed by atoms with van der Waals surface area (Å²) in [4.78, 5) is 0. The van der Waals surface area contributed by atoms with Crippen molar-refractivity contribution in [2.45, 2.75) is 31.1 Å². The predicted octanol–water partition coefficient (Wildman–Crippen LogP) is 3.01. The fourth-order valence-electron chi connectivity index (χ4n) is 3.01. The highest BCUT2D eigenvalue weighted by molar-refractivity contribution is 5.29. The summed E-state index contributed by atoms with van der Waals surface area (Å²) in [6.07, 6.45) is 4.11. The third-order valence-electron chi connectivity index (χ3n) is 4.01. The van der Waals surface area contributed by atoms with Gasteiger partial charge in [-0.25, -0.2) is 8.78 Å². The van der Waals surface area contributed by atoms with E-state index in [1.807, 2.05) is 0 Å². The molecule has 0 radical (unpaired) electrons. The molecule has 1 saturated carbocycles. The fraction of sp³-hybridized carbons (Fsp3) is 0.600. The Morgan fingerprint density at radius 2 is 2.00 bits per heavy atom. The van der Waals surface area contributed by atoms with Gasteiger partial charge in [0.2, 0.25) is 0 Å². The van der Waals surface area contributed by atoms with Crippen LogP contribution in [-0.2, 0) is 10.2 Å². The van der Waals surface area contributed by atoms with Gasteiger partial charge < -0.3 is 10.1 Å². The lowest BCUT2D eigenvalue weighted by atomic mass is 9.78. The Morgan fingerprint density at radius 1 is 1.26 bits per heavy atom. The Balaban J connectivity index is 2.14. The number of hydrogen-bond donors (Lipinski definition) is 1. The van der Waals surface area contributed by atoms with Crippen LogP contribution in [0.25, 0.3) is 0 Å². The molecule has 0 spiro atoms. The van der Waals surface area contributed by atoms with E-state index in [1.165, 1.54) is 6.07 Å². The molecule has 0 amide bonds. The minimum Gasteiger partial charge on any atom is -0.383 e. The van der Waals surface area contributed by atoms with Crippen LogP contribution in [0.3, 0.4) is 0 Å². The highest BCUT2D eigenvalue weighted by atomic mass is 19.1. The van der Waals surface area contributed by atoms with Crippen molar-refractivity contribution in [2.24, 2.45) is 0 Å². The molecular weight excluding hydrogens is 248 g/mol. The van der Waals surface area contributed by atoms with E-state index in [2.05, 4.69) is 5.32 Å². The molecule has 4 heteroatoms. The van der Waals surface area contributed by atoms with Gasteiger partial charge in [0.25, 0.3) is 0 Å². The number of ether oxygens (including phenoxy) is 1. The molecule has 106 valence electrons. The number of halogens is 2. The largest absolute Gasteiger partial charge is 0.383 e. The molecule has 1 aliphatic rings. The summed E-state index contributed by atoms with van der Waals surface area (Å²) in [5, 5.41) is 3.32. The Labute approximate surface area is 113 Å². The lowest BCUT2D eigenvalue weighted by molar-refractivity contribution is 0.196. The van der Waals surface area contributed by atoms with Crippen LogP contribution >= 0.6 is 0 Å². The second-order valence-electron chi connectivity index (χ2n) is 5.28. The van der Waals surface area contributed by atoms with Gasteiger partial charge in [0.15, 0.2) is 0 Å². The van der Waals surface area contributed by atoms with Crippen molar-refractivity contribution in [3.05, 3.63) is 35.4 Å². The van der Waals surface area contributed by atoms with Crippen molar-refractivity contribution >= 4 is 0 Å². The van der Waals surface area contributed by atoms with Crippen LogP contribution in [0.1, 0.15) is 31.2 Å². The van der Waals surface area contributed by atoms with Gasteiger partial charge in [0.05, 0.1) is 6.61 Å². The second-order valence-corrected chi connectivity index (χ2v) is 5.28. The first-order valence-electron chi connectivity index (χ1n) is 6.83. The van der Waals surface area contributed by atoms with Gasteiger partial charge in [-0.2, -0.15) is 0 Å². The monoisotopic (exact) mass is 269 g/mol. The summed E-state index contributed by atoms with van der Waals surface area (Å²) in [6.45, 7) is 2.11. The molecule has 1 aliphatic carbocycles. The standard InChI is InChI=1S/C15H21F2NO/c1-19-9-8-18-11-15(6-2-3-7-15)13-5-4-12(16)10-14(13)17/h4-5,10,18H,2-3,6-9,11H2,1H3. The number of benzene rings is 1. The van der Waals surface area contributed by atoms with Gasteiger partial charge in [-0.3, -0.25) is 0 Å². The zero-order chi connectivity index (χ0) is 13.7. The van der Waals surface area contributed by atoms with Crippen LogP contribution < -0.4 is 5.32 Å². The van der Waals surface area contributed by atoms with Crippen LogP contribution in [0, 0.1) is 11.6 Å². The molecule has 0 heterocycles. The Kier molecular flexibility index (Phi) is 4.88. The highest BCUT2D eigenvalue weighted by Crippen LogP contribution is 2.41. The van der Waals surface area contributed by atoms with Crippen LogP contribution in [-0.4, -0.2) is 26.8 Å². The third kappa shape index (κ3) is 3.31. The van der Waals surface area contributed by atoms with Crippen molar-refractivity contribution in [3.8, 4) is 0 Å². The maximum Gasteiger partial charge on any atom is 0.129 e. The smallest absolute Gasteiger partial charge is 0.129 e. The van der Waals surface area contributed by atoms with E-state index < -0.39 is 11.6 Å². The van der Waals surface area contributed by atoms with Crippen molar-refractivity contribution in [1.29, 1.82) is 0 Å². The molecule has 1 fully saturated rings. The predicted molar refractivity (Wildman–Crippen MR) is 71.2 cm³/mol. The molecule has 1 N–H and O–H groups in total. The summed E-state index contributed by atoms with van der Waals surface area (Å²) in [6, 6.07) is 3.95. The average Bonchev–Trinajstić information content (AvgIpc) is 2.84. The molecule has 19 heavy (non-hydrogen) atoms. The molecule has 0 unspecified atom stereocenters. The van der Waals surface area contributed by atoms with Crippen LogP contribution in [0.5, 0.6) is 0 Å². The van der Waals surface area contributed by atoms with E-state index in [-0.39, 0.29) is 5.41 Å². The fourth-order valence-corrected chi connectivity index (χ4v) is 3.01. The number of rotatable bonds is 6. The number of nitrogens with one attached hydrogen (secondary N) is 1. The Morgan fingerprint density at radius 3 is 2.63 bits per heavy atom. The van der Waals surface area contributed by atoms with Gasteiger partial charge in [-0.15, -0.1) is 0 Å². The lowest BCUT2D eigenvalue weighted by Gasteiger charge is -2.30. The quantitative estimate of drug-likeness (QED) is 0.802. The molecular formula is C15H21F2NO.